The summed E-state index contributed by atoms with van der Waals surface area (Å²) in [6, 6.07) is 4.04. The van der Waals surface area contributed by atoms with Crippen LogP contribution in [0.4, 0.5) is 4.39 Å². The van der Waals surface area contributed by atoms with Gasteiger partial charge in [0.1, 0.15) is 0 Å². The van der Waals surface area contributed by atoms with E-state index < -0.39 is 5.82 Å². The lowest BCUT2D eigenvalue weighted by atomic mass is 9.86. The van der Waals surface area contributed by atoms with Gasteiger partial charge in [0.05, 0.1) is 6.54 Å². The third kappa shape index (κ3) is 3.88. The highest BCUT2D eigenvalue weighted by Gasteiger charge is 2.19. The maximum absolute atomic E-state index is 13.1. The monoisotopic (exact) mass is 263 g/mol. The Kier molecular flexibility index (Phi) is 4.66. The quantitative estimate of drug-likeness (QED) is 0.848. The molecule has 102 valence electrons. The van der Waals surface area contributed by atoms with Crippen LogP contribution in [0.25, 0.3) is 0 Å². The zero-order valence-electron chi connectivity index (χ0n) is 10.8. The first-order chi connectivity index (χ1) is 9.16. The van der Waals surface area contributed by atoms with Gasteiger partial charge in [0, 0.05) is 12.1 Å². The van der Waals surface area contributed by atoms with Gasteiger partial charge in [0.15, 0.2) is 17.3 Å². The van der Waals surface area contributed by atoms with Gasteiger partial charge < -0.3 is 5.11 Å². The number of carbonyl (C=O) groups is 1. The average molecular weight is 263 g/mol. The molecule has 0 heterocycles. The normalized spacial score (nSPS) is 16.9. The second-order valence-corrected chi connectivity index (χ2v) is 4.98. The maximum Gasteiger partial charge on any atom is 0.165 e. The van der Waals surface area contributed by atoms with Crippen molar-refractivity contribution in [2.24, 2.45) is 10.9 Å². The number of carbonyl (C=O) groups excluding carboxylic acids is 1. The number of benzene rings is 1. The number of rotatable bonds is 4. The largest absolute Gasteiger partial charge is 0.505 e. The standard InChI is InChI=1S/C15H18FNO2/c16-13-8-11(6-7-14(13)18)9-17-10-15(19)12-4-2-1-3-5-12/h6-9,12,18H,1-5,10H2/b17-9+. The minimum atomic E-state index is -0.678. The van der Waals surface area contributed by atoms with E-state index in [4.69, 9.17) is 5.11 Å². The van der Waals surface area contributed by atoms with Gasteiger partial charge in [-0.1, -0.05) is 19.3 Å². The van der Waals surface area contributed by atoms with Crippen LogP contribution >= 0.6 is 0 Å². The fourth-order valence-electron chi connectivity index (χ4n) is 2.40. The van der Waals surface area contributed by atoms with Gasteiger partial charge in [-0.15, -0.1) is 0 Å². The second kappa shape index (κ2) is 6.45. The summed E-state index contributed by atoms with van der Waals surface area (Å²) < 4.78 is 13.1. The van der Waals surface area contributed by atoms with E-state index in [0.29, 0.717) is 5.56 Å². The topological polar surface area (TPSA) is 49.7 Å². The molecule has 0 saturated heterocycles. The van der Waals surface area contributed by atoms with E-state index in [0.717, 1.165) is 25.7 Å². The molecule has 1 aromatic rings. The third-order valence-corrected chi connectivity index (χ3v) is 3.52. The molecule has 2 rings (SSSR count). The van der Waals surface area contributed by atoms with E-state index in [1.165, 1.54) is 24.8 Å². The Bertz CT molecular complexity index is 479. The molecule has 1 N–H and O–H groups in total. The van der Waals surface area contributed by atoms with Gasteiger partial charge in [-0.05, 0) is 36.6 Å². The molecule has 1 aliphatic rings. The molecule has 0 atom stereocenters. The fourth-order valence-corrected chi connectivity index (χ4v) is 2.40. The van der Waals surface area contributed by atoms with Crippen molar-refractivity contribution in [2.45, 2.75) is 32.1 Å². The van der Waals surface area contributed by atoms with Crippen molar-refractivity contribution in [2.75, 3.05) is 6.54 Å². The summed E-state index contributed by atoms with van der Waals surface area (Å²) >= 11 is 0. The molecule has 1 fully saturated rings. The summed E-state index contributed by atoms with van der Waals surface area (Å²) in [6.07, 6.45) is 6.90. The fraction of sp³-hybridized carbons (Fsp3) is 0.467. The van der Waals surface area contributed by atoms with Crippen LogP contribution in [0.2, 0.25) is 0 Å². The minimum absolute atomic E-state index is 0.155. The average Bonchev–Trinajstić information content (AvgIpc) is 2.43. The van der Waals surface area contributed by atoms with E-state index in [1.54, 1.807) is 6.07 Å². The van der Waals surface area contributed by atoms with Gasteiger partial charge in [0.25, 0.3) is 0 Å². The molecular formula is C15H18FNO2. The van der Waals surface area contributed by atoms with Crippen molar-refractivity contribution in [3.8, 4) is 5.75 Å². The van der Waals surface area contributed by atoms with Crippen LogP contribution in [0.3, 0.4) is 0 Å². The number of nitrogens with zero attached hydrogens (tertiary/aromatic N) is 1. The highest BCUT2D eigenvalue weighted by atomic mass is 19.1. The van der Waals surface area contributed by atoms with Crippen LogP contribution in [0.15, 0.2) is 23.2 Å². The summed E-state index contributed by atoms with van der Waals surface area (Å²) in [5, 5.41) is 9.05. The molecular weight excluding hydrogens is 245 g/mol. The molecule has 1 saturated carbocycles. The van der Waals surface area contributed by atoms with Crippen molar-refractivity contribution in [3.63, 3.8) is 0 Å². The molecule has 1 aliphatic carbocycles. The Morgan fingerprint density at radius 1 is 1.37 bits per heavy atom. The minimum Gasteiger partial charge on any atom is -0.505 e. The van der Waals surface area contributed by atoms with Gasteiger partial charge >= 0.3 is 0 Å². The number of ketones is 1. The first kappa shape index (κ1) is 13.7. The molecule has 1 aromatic carbocycles. The molecule has 19 heavy (non-hydrogen) atoms. The molecule has 0 aliphatic heterocycles. The van der Waals surface area contributed by atoms with E-state index in [-0.39, 0.29) is 24.0 Å². The van der Waals surface area contributed by atoms with Crippen molar-refractivity contribution in [3.05, 3.63) is 29.6 Å². The zero-order valence-corrected chi connectivity index (χ0v) is 10.8. The van der Waals surface area contributed by atoms with E-state index in [1.807, 2.05) is 0 Å². The lowest BCUT2D eigenvalue weighted by Crippen LogP contribution is -2.20. The van der Waals surface area contributed by atoms with Crippen LogP contribution in [-0.4, -0.2) is 23.6 Å². The molecule has 0 aromatic heterocycles. The number of hydrogen-bond donors (Lipinski definition) is 1. The Morgan fingerprint density at radius 3 is 2.79 bits per heavy atom. The molecule has 3 nitrogen and oxygen atoms in total. The van der Waals surface area contributed by atoms with Gasteiger partial charge in [0.2, 0.25) is 0 Å². The number of hydrogen-bond acceptors (Lipinski definition) is 3. The third-order valence-electron chi connectivity index (χ3n) is 3.52. The highest BCUT2D eigenvalue weighted by molar-refractivity contribution is 5.86. The summed E-state index contributed by atoms with van der Waals surface area (Å²) in [7, 11) is 0. The summed E-state index contributed by atoms with van der Waals surface area (Å²) in [4.78, 5) is 15.9. The number of phenolic OH excluding ortho intramolecular Hbond substituents is 1. The van der Waals surface area contributed by atoms with Crippen LogP contribution in [-0.2, 0) is 4.79 Å². The Morgan fingerprint density at radius 2 is 2.11 bits per heavy atom. The molecule has 0 unspecified atom stereocenters. The smallest absolute Gasteiger partial charge is 0.165 e. The van der Waals surface area contributed by atoms with Crippen LogP contribution in [0, 0.1) is 11.7 Å². The Hall–Kier alpha value is -1.71. The lowest BCUT2D eigenvalue weighted by Gasteiger charge is -2.19. The first-order valence-electron chi connectivity index (χ1n) is 6.68. The first-order valence-corrected chi connectivity index (χ1v) is 6.68. The van der Waals surface area contributed by atoms with Crippen molar-refractivity contribution < 1.29 is 14.3 Å². The molecule has 0 bridgehead atoms. The van der Waals surface area contributed by atoms with Gasteiger partial charge in [-0.25, -0.2) is 4.39 Å². The highest BCUT2D eigenvalue weighted by Crippen LogP contribution is 2.24. The van der Waals surface area contributed by atoms with Crippen molar-refractivity contribution in [1.82, 2.24) is 0 Å². The number of phenols is 1. The van der Waals surface area contributed by atoms with Crippen molar-refractivity contribution in [1.29, 1.82) is 0 Å². The second-order valence-electron chi connectivity index (χ2n) is 4.98. The predicted octanol–water partition coefficient (Wildman–Crippen LogP) is 3.10. The SMILES string of the molecule is O=C(C/N=C/c1ccc(O)c(F)c1)C1CCCCC1. The molecule has 0 radical (unpaired) electrons. The van der Waals surface area contributed by atoms with Crippen LogP contribution in [0.1, 0.15) is 37.7 Å². The zero-order chi connectivity index (χ0) is 13.7. The van der Waals surface area contributed by atoms with Gasteiger partial charge in [-0.2, -0.15) is 0 Å². The lowest BCUT2D eigenvalue weighted by molar-refractivity contribution is -0.122. The maximum atomic E-state index is 13.1. The van der Waals surface area contributed by atoms with E-state index in [2.05, 4.69) is 4.99 Å². The summed E-state index contributed by atoms with van der Waals surface area (Å²) in [5.74, 6) is -0.726. The van der Waals surface area contributed by atoms with E-state index in [9.17, 15) is 9.18 Å². The van der Waals surface area contributed by atoms with Gasteiger partial charge in [-0.3, -0.25) is 9.79 Å². The van der Waals surface area contributed by atoms with Crippen LogP contribution < -0.4 is 0 Å². The summed E-state index contributed by atoms with van der Waals surface area (Å²) in [6.45, 7) is 0.160. The molecule has 0 spiro atoms. The Balaban J connectivity index is 1.88. The van der Waals surface area contributed by atoms with E-state index >= 15 is 0 Å². The number of Topliss-reactive ketones (excluding diaryl/α,β-unsaturated/α-hetero) is 1. The van der Waals surface area contributed by atoms with Crippen molar-refractivity contribution >= 4 is 12.0 Å². The van der Waals surface area contributed by atoms with Crippen LogP contribution in [0.5, 0.6) is 5.75 Å². The predicted molar refractivity (Wildman–Crippen MR) is 72.1 cm³/mol. The molecule has 4 heteroatoms. The number of aromatic hydroxyl groups is 1. The summed E-state index contributed by atoms with van der Waals surface area (Å²) in [5.41, 5.74) is 0.548. The number of aliphatic imine (C=N–C) groups is 1. The molecule has 0 amide bonds. The Labute approximate surface area is 112 Å². The number of halogens is 1.